The Bertz CT molecular complexity index is 1200. The Kier molecular flexibility index (Phi) is 5.47. The molecule has 4 rings (SSSR count). The number of H-pyrrole nitrogens is 1. The second-order valence-electron chi connectivity index (χ2n) is 7.80. The van der Waals surface area contributed by atoms with Gasteiger partial charge in [0.2, 0.25) is 5.91 Å². The number of amides is 2. The van der Waals surface area contributed by atoms with Crippen LogP contribution in [0.3, 0.4) is 0 Å². The molecule has 0 bridgehead atoms. The van der Waals surface area contributed by atoms with Crippen LogP contribution in [0.5, 0.6) is 0 Å². The molecule has 1 aliphatic rings. The summed E-state index contributed by atoms with van der Waals surface area (Å²) in [6, 6.07) is 13.9. The summed E-state index contributed by atoms with van der Waals surface area (Å²) >= 11 is 0.975. The van der Waals surface area contributed by atoms with E-state index >= 15 is 0 Å². The average molecular weight is 424 g/mol. The summed E-state index contributed by atoms with van der Waals surface area (Å²) < 4.78 is 14.1. The van der Waals surface area contributed by atoms with Gasteiger partial charge < -0.3 is 4.98 Å². The first-order valence-corrected chi connectivity index (χ1v) is 10.6. The van der Waals surface area contributed by atoms with Crippen LogP contribution in [0.2, 0.25) is 0 Å². The third-order valence-electron chi connectivity index (χ3n) is 5.52. The number of hydrogen-bond donors (Lipinski definition) is 2. The fraction of sp³-hybridized carbons (Fsp3) is 0.261. The molecule has 2 amide bonds. The quantitative estimate of drug-likeness (QED) is 0.616. The molecule has 3 aromatic rings. The van der Waals surface area contributed by atoms with Crippen LogP contribution >= 0.6 is 11.8 Å². The van der Waals surface area contributed by atoms with Gasteiger partial charge >= 0.3 is 0 Å². The lowest BCUT2D eigenvalue weighted by molar-refractivity contribution is -0.119. The van der Waals surface area contributed by atoms with E-state index in [-0.39, 0.29) is 34.4 Å². The smallest absolute Gasteiger partial charge is 0.286 e. The zero-order valence-corrected chi connectivity index (χ0v) is 17.4. The Morgan fingerprint density at radius 3 is 2.53 bits per heavy atom. The van der Waals surface area contributed by atoms with Crippen LogP contribution in [-0.2, 0) is 4.79 Å². The first kappa shape index (κ1) is 20.3. The Labute approximate surface area is 177 Å². The molecule has 30 heavy (non-hydrogen) atoms. The number of carbonyl (C=O) groups excluding carboxylic acids is 2. The van der Waals surface area contributed by atoms with Crippen LogP contribution in [-0.4, -0.2) is 21.4 Å². The molecule has 5 nitrogen and oxygen atoms in total. The minimum Gasteiger partial charge on any atom is -0.322 e. The predicted octanol–water partition coefficient (Wildman–Crippen LogP) is 4.82. The monoisotopic (exact) mass is 424 g/mol. The highest BCUT2D eigenvalue weighted by atomic mass is 32.2. The molecule has 0 radical (unpaired) electrons. The van der Waals surface area contributed by atoms with Crippen molar-refractivity contribution >= 4 is 33.7 Å². The number of imide groups is 1. The minimum absolute atomic E-state index is 0.107. The summed E-state index contributed by atoms with van der Waals surface area (Å²) in [6.07, 6.45) is 0.406. The molecular weight excluding hydrogens is 403 g/mol. The number of hydrogen-bond acceptors (Lipinski definition) is 4. The van der Waals surface area contributed by atoms with E-state index in [4.69, 9.17) is 0 Å². The van der Waals surface area contributed by atoms with Gasteiger partial charge in [-0.05, 0) is 47.4 Å². The molecule has 1 aromatic heterocycles. The van der Waals surface area contributed by atoms with Crippen LogP contribution in [0.4, 0.5) is 9.18 Å². The summed E-state index contributed by atoms with van der Waals surface area (Å²) in [7, 11) is 0. The normalized spacial score (nSPS) is 17.5. The zero-order chi connectivity index (χ0) is 21.4. The van der Waals surface area contributed by atoms with Crippen molar-refractivity contribution in [2.75, 3.05) is 0 Å². The second kappa shape index (κ2) is 8.07. The average Bonchev–Trinajstić information content (AvgIpc) is 3.03. The predicted molar refractivity (Wildman–Crippen MR) is 117 cm³/mol. The van der Waals surface area contributed by atoms with Gasteiger partial charge in [-0.25, -0.2) is 4.39 Å². The maximum absolute atomic E-state index is 14.1. The lowest BCUT2D eigenvalue weighted by Crippen LogP contribution is -2.28. The fourth-order valence-corrected chi connectivity index (χ4v) is 4.77. The van der Waals surface area contributed by atoms with Gasteiger partial charge in [0.05, 0.1) is 5.25 Å². The number of halogens is 1. The number of fused-ring (bicyclic) bond motifs is 1. The van der Waals surface area contributed by atoms with Crippen molar-refractivity contribution in [1.29, 1.82) is 0 Å². The molecule has 1 fully saturated rings. The van der Waals surface area contributed by atoms with Gasteiger partial charge in [0.1, 0.15) is 5.82 Å². The molecule has 154 valence electrons. The molecule has 2 aromatic carbocycles. The molecule has 2 heterocycles. The molecule has 0 spiro atoms. The maximum atomic E-state index is 14.1. The van der Waals surface area contributed by atoms with E-state index in [1.807, 2.05) is 32.0 Å². The molecule has 1 aliphatic heterocycles. The van der Waals surface area contributed by atoms with E-state index in [1.54, 1.807) is 24.3 Å². The van der Waals surface area contributed by atoms with Crippen molar-refractivity contribution in [1.82, 2.24) is 10.3 Å². The van der Waals surface area contributed by atoms with Gasteiger partial charge in [-0.2, -0.15) is 0 Å². The molecule has 7 heteroatoms. The highest BCUT2D eigenvalue weighted by Gasteiger charge is 2.35. The Hall–Kier alpha value is -2.93. The number of pyridine rings is 1. The van der Waals surface area contributed by atoms with Crippen molar-refractivity contribution in [3.8, 4) is 11.3 Å². The topological polar surface area (TPSA) is 79.0 Å². The third-order valence-corrected chi connectivity index (χ3v) is 6.53. The van der Waals surface area contributed by atoms with Crippen LogP contribution in [0, 0.1) is 11.7 Å². The van der Waals surface area contributed by atoms with Gasteiger partial charge in [-0.15, -0.1) is 0 Å². The summed E-state index contributed by atoms with van der Waals surface area (Å²) in [5.41, 5.74) is 1.65. The molecule has 0 unspecified atom stereocenters. The van der Waals surface area contributed by atoms with Gasteiger partial charge in [0.15, 0.2) is 0 Å². The first-order valence-electron chi connectivity index (χ1n) is 9.77. The number of aromatic nitrogens is 1. The minimum atomic E-state index is -0.493. The highest BCUT2D eigenvalue weighted by molar-refractivity contribution is 8.15. The molecular formula is C23H21FN2O3S. The molecule has 1 saturated heterocycles. The van der Waals surface area contributed by atoms with E-state index in [0.29, 0.717) is 28.6 Å². The summed E-state index contributed by atoms with van der Waals surface area (Å²) in [4.78, 5) is 39.2. The summed E-state index contributed by atoms with van der Waals surface area (Å²) in [5, 5.41) is 2.74. The number of nitrogens with one attached hydrogen (secondary N) is 2. The second-order valence-corrected chi connectivity index (χ2v) is 8.98. The molecule has 0 aliphatic carbocycles. The van der Waals surface area contributed by atoms with E-state index in [0.717, 1.165) is 17.1 Å². The van der Waals surface area contributed by atoms with Crippen LogP contribution < -0.4 is 10.9 Å². The van der Waals surface area contributed by atoms with Gasteiger partial charge in [-0.3, -0.25) is 19.7 Å². The Morgan fingerprint density at radius 1 is 1.07 bits per heavy atom. The van der Waals surface area contributed by atoms with Gasteiger partial charge in [-0.1, -0.05) is 55.9 Å². The van der Waals surface area contributed by atoms with E-state index in [9.17, 15) is 18.8 Å². The van der Waals surface area contributed by atoms with Crippen LogP contribution in [0.15, 0.2) is 53.3 Å². The Balaban J connectivity index is 1.66. The SMILES string of the molecule is CC(C)[C@H](C[C@H]1SC(=O)NC1=O)c1ccc(-c2ccc3cccc(F)c3c2)[nH]c1=O. The third kappa shape index (κ3) is 3.89. The van der Waals surface area contributed by atoms with Crippen LogP contribution in [0.25, 0.3) is 22.0 Å². The summed E-state index contributed by atoms with van der Waals surface area (Å²) in [6.45, 7) is 3.98. The number of thioether (sulfide) groups is 1. The maximum Gasteiger partial charge on any atom is 0.286 e. The van der Waals surface area contributed by atoms with E-state index in [1.165, 1.54) is 6.07 Å². The Morgan fingerprint density at radius 2 is 1.87 bits per heavy atom. The standard InChI is InChI=1S/C23H21FN2O3S/c1-12(2)16(11-20-22(28)26-23(29)30-20)15-8-9-19(25-21(15)27)14-7-6-13-4-3-5-18(24)17(13)10-14/h3-10,12,16,20H,11H2,1-2H3,(H,25,27)(H,26,28,29)/t16-,20+/m0/s1. The largest absolute Gasteiger partial charge is 0.322 e. The molecule has 2 atom stereocenters. The summed E-state index contributed by atoms with van der Waals surface area (Å²) in [5.74, 6) is -0.682. The lowest BCUT2D eigenvalue weighted by Gasteiger charge is -2.22. The van der Waals surface area contributed by atoms with Gasteiger partial charge in [0.25, 0.3) is 10.8 Å². The molecule has 2 N–H and O–H groups in total. The van der Waals surface area contributed by atoms with E-state index in [2.05, 4.69) is 10.3 Å². The fourth-order valence-electron chi connectivity index (χ4n) is 3.88. The van der Waals surface area contributed by atoms with Gasteiger partial charge in [0, 0.05) is 16.6 Å². The zero-order valence-electron chi connectivity index (χ0n) is 16.6. The lowest BCUT2D eigenvalue weighted by atomic mass is 9.85. The number of aromatic amines is 1. The van der Waals surface area contributed by atoms with Crippen molar-refractivity contribution < 1.29 is 14.0 Å². The van der Waals surface area contributed by atoms with Crippen molar-refractivity contribution in [2.24, 2.45) is 5.92 Å². The van der Waals surface area contributed by atoms with E-state index < -0.39 is 5.25 Å². The number of rotatable bonds is 5. The first-order chi connectivity index (χ1) is 14.3. The number of carbonyl (C=O) groups is 2. The van der Waals surface area contributed by atoms with Crippen molar-refractivity contribution in [2.45, 2.75) is 31.4 Å². The van der Waals surface area contributed by atoms with Crippen LogP contribution in [0.1, 0.15) is 31.7 Å². The number of benzene rings is 2. The van der Waals surface area contributed by atoms with Crippen molar-refractivity contribution in [3.63, 3.8) is 0 Å². The van der Waals surface area contributed by atoms with Crippen molar-refractivity contribution in [3.05, 3.63) is 70.3 Å². The highest BCUT2D eigenvalue weighted by Crippen LogP contribution is 2.34. The molecule has 0 saturated carbocycles.